The molecule has 2 amide bonds. The smallest absolute Gasteiger partial charge is 0.274 e. The average molecular weight is 452 g/mol. The van der Waals surface area contributed by atoms with E-state index < -0.39 is 18.7 Å². The number of pyridine rings is 1. The van der Waals surface area contributed by atoms with E-state index in [9.17, 15) is 14.0 Å². The summed E-state index contributed by atoms with van der Waals surface area (Å²) in [5.74, 6) is -1.06. The molecule has 3 aromatic rings. The minimum atomic E-state index is -1.13. The van der Waals surface area contributed by atoms with E-state index in [0.29, 0.717) is 10.6 Å². The standard InChI is InChI=1S/C19H16Cl2FN5O3/c1-10-6-11(20)7-12(18(28)23-2)16(10)25-19(29)14-8-15(30-9-22)26-27(14)17-13(21)4-3-5-24-17/h3-8H,9H2,1-2H3,(H,23,28)(H,25,29). The molecule has 0 saturated heterocycles. The number of benzene rings is 1. The molecule has 0 atom stereocenters. The molecule has 2 heterocycles. The predicted octanol–water partition coefficient (Wildman–Crippen LogP) is 3.80. The van der Waals surface area contributed by atoms with Crippen molar-refractivity contribution in [3.63, 3.8) is 0 Å². The lowest BCUT2D eigenvalue weighted by Gasteiger charge is -2.14. The first-order valence-electron chi connectivity index (χ1n) is 8.59. The summed E-state index contributed by atoms with van der Waals surface area (Å²) < 4.78 is 18.6. The highest BCUT2D eigenvalue weighted by molar-refractivity contribution is 6.32. The van der Waals surface area contributed by atoms with E-state index in [2.05, 4.69) is 20.7 Å². The van der Waals surface area contributed by atoms with E-state index in [4.69, 9.17) is 27.9 Å². The minimum Gasteiger partial charge on any atom is -0.445 e. The lowest BCUT2D eigenvalue weighted by Crippen LogP contribution is -2.23. The molecule has 8 nitrogen and oxygen atoms in total. The Morgan fingerprint density at radius 2 is 2.00 bits per heavy atom. The average Bonchev–Trinajstić information content (AvgIpc) is 3.13. The fourth-order valence-electron chi connectivity index (χ4n) is 2.74. The first-order chi connectivity index (χ1) is 14.3. The molecule has 156 valence electrons. The number of halogens is 3. The van der Waals surface area contributed by atoms with Gasteiger partial charge in [0.15, 0.2) is 5.82 Å². The minimum absolute atomic E-state index is 0.0312. The fourth-order valence-corrected chi connectivity index (χ4v) is 3.22. The van der Waals surface area contributed by atoms with E-state index in [1.54, 1.807) is 25.1 Å². The van der Waals surface area contributed by atoms with Gasteiger partial charge in [-0.05, 0) is 36.8 Å². The van der Waals surface area contributed by atoms with Gasteiger partial charge in [0.25, 0.3) is 11.8 Å². The van der Waals surface area contributed by atoms with Crippen molar-refractivity contribution in [2.75, 3.05) is 19.2 Å². The number of anilines is 1. The van der Waals surface area contributed by atoms with E-state index in [1.807, 2.05) is 0 Å². The zero-order chi connectivity index (χ0) is 21.8. The van der Waals surface area contributed by atoms with Crippen LogP contribution in [0.25, 0.3) is 5.82 Å². The van der Waals surface area contributed by atoms with Crippen LogP contribution in [0.1, 0.15) is 26.4 Å². The number of carbonyl (C=O) groups is 2. The molecule has 3 rings (SSSR count). The van der Waals surface area contributed by atoms with Crippen LogP contribution < -0.4 is 15.4 Å². The highest BCUT2D eigenvalue weighted by Crippen LogP contribution is 2.28. The lowest BCUT2D eigenvalue weighted by atomic mass is 10.1. The van der Waals surface area contributed by atoms with Gasteiger partial charge in [-0.1, -0.05) is 23.2 Å². The number of ether oxygens (including phenoxy) is 1. The second kappa shape index (κ2) is 9.10. The third-order valence-corrected chi connectivity index (χ3v) is 4.59. The van der Waals surface area contributed by atoms with E-state index in [1.165, 1.54) is 25.4 Å². The first kappa shape index (κ1) is 21.5. The van der Waals surface area contributed by atoms with Crippen LogP contribution in [-0.4, -0.2) is 40.5 Å². The molecule has 1 aromatic carbocycles. The molecular weight excluding hydrogens is 436 g/mol. The van der Waals surface area contributed by atoms with Gasteiger partial charge in [-0.3, -0.25) is 9.59 Å². The summed E-state index contributed by atoms with van der Waals surface area (Å²) in [4.78, 5) is 29.4. The molecule has 0 aliphatic rings. The van der Waals surface area contributed by atoms with Crippen molar-refractivity contribution in [2.24, 2.45) is 0 Å². The molecule has 0 fully saturated rings. The second-order valence-corrected chi connectivity index (χ2v) is 6.86. The largest absolute Gasteiger partial charge is 0.445 e. The van der Waals surface area contributed by atoms with Crippen LogP contribution in [-0.2, 0) is 0 Å². The Bertz CT molecular complexity index is 1120. The number of nitrogens with zero attached hydrogens (tertiary/aromatic N) is 3. The third kappa shape index (κ3) is 4.37. The van der Waals surface area contributed by atoms with Crippen molar-refractivity contribution in [1.82, 2.24) is 20.1 Å². The van der Waals surface area contributed by atoms with Crippen molar-refractivity contribution < 1.29 is 18.7 Å². The molecule has 2 N–H and O–H groups in total. The Morgan fingerprint density at radius 3 is 2.67 bits per heavy atom. The summed E-state index contributed by atoms with van der Waals surface area (Å²) in [6.45, 7) is 0.559. The number of aryl methyl sites for hydroxylation is 1. The molecular formula is C19H16Cl2FN5O3. The molecule has 0 spiro atoms. The Kier molecular flexibility index (Phi) is 6.53. The maximum Gasteiger partial charge on any atom is 0.274 e. The van der Waals surface area contributed by atoms with Crippen LogP contribution in [0.5, 0.6) is 5.88 Å². The number of hydrogen-bond donors (Lipinski definition) is 2. The van der Waals surface area contributed by atoms with Crippen molar-refractivity contribution in [3.05, 3.63) is 63.4 Å². The molecule has 2 aromatic heterocycles. The summed E-state index contributed by atoms with van der Waals surface area (Å²) in [5, 5.41) is 9.79. The van der Waals surface area contributed by atoms with Crippen LogP contribution in [0, 0.1) is 6.92 Å². The lowest BCUT2D eigenvalue weighted by molar-refractivity contribution is 0.0964. The second-order valence-electron chi connectivity index (χ2n) is 6.02. The Labute approximate surface area is 181 Å². The molecule has 0 saturated carbocycles. The Morgan fingerprint density at radius 1 is 1.23 bits per heavy atom. The molecule has 0 bridgehead atoms. The molecule has 0 aliphatic heterocycles. The van der Waals surface area contributed by atoms with E-state index >= 15 is 0 Å². The van der Waals surface area contributed by atoms with Gasteiger partial charge in [0.1, 0.15) is 5.69 Å². The van der Waals surface area contributed by atoms with Crippen molar-refractivity contribution >= 4 is 40.7 Å². The number of carbonyl (C=O) groups excluding carboxylic acids is 2. The summed E-state index contributed by atoms with van der Waals surface area (Å²) in [7, 11) is 1.46. The Hall–Kier alpha value is -3.17. The maximum absolute atomic E-state index is 13.1. The summed E-state index contributed by atoms with van der Waals surface area (Å²) in [5.41, 5.74) is 0.975. The third-order valence-electron chi connectivity index (χ3n) is 4.07. The maximum atomic E-state index is 13.1. The topological polar surface area (TPSA) is 98.1 Å². The number of alkyl halides is 1. The SMILES string of the molecule is CNC(=O)c1cc(Cl)cc(C)c1NC(=O)c1cc(OCF)nn1-c1ncccc1Cl. The van der Waals surface area contributed by atoms with Crippen LogP contribution in [0.2, 0.25) is 10.0 Å². The number of amides is 2. The molecule has 0 radical (unpaired) electrons. The molecule has 30 heavy (non-hydrogen) atoms. The van der Waals surface area contributed by atoms with E-state index in [-0.39, 0.29) is 33.7 Å². The van der Waals surface area contributed by atoms with Crippen molar-refractivity contribution in [2.45, 2.75) is 6.92 Å². The zero-order valence-corrected chi connectivity index (χ0v) is 17.4. The van der Waals surface area contributed by atoms with Gasteiger partial charge in [0.05, 0.1) is 16.3 Å². The molecule has 11 heteroatoms. The predicted molar refractivity (Wildman–Crippen MR) is 111 cm³/mol. The van der Waals surface area contributed by atoms with Crippen LogP contribution >= 0.6 is 23.2 Å². The van der Waals surface area contributed by atoms with Gasteiger partial charge < -0.3 is 15.4 Å². The van der Waals surface area contributed by atoms with Crippen LogP contribution in [0.15, 0.2) is 36.5 Å². The van der Waals surface area contributed by atoms with Gasteiger partial charge >= 0.3 is 0 Å². The fraction of sp³-hybridized carbons (Fsp3) is 0.158. The first-order valence-corrected chi connectivity index (χ1v) is 9.34. The molecule has 0 aliphatic carbocycles. The number of rotatable bonds is 6. The van der Waals surface area contributed by atoms with Crippen molar-refractivity contribution in [1.29, 1.82) is 0 Å². The number of hydrogen-bond acceptors (Lipinski definition) is 5. The van der Waals surface area contributed by atoms with Gasteiger partial charge in [-0.15, -0.1) is 5.10 Å². The van der Waals surface area contributed by atoms with Crippen LogP contribution in [0.4, 0.5) is 10.1 Å². The van der Waals surface area contributed by atoms with E-state index in [0.717, 1.165) is 4.68 Å². The monoisotopic (exact) mass is 451 g/mol. The number of nitrogens with one attached hydrogen (secondary N) is 2. The quantitative estimate of drug-likeness (QED) is 0.593. The van der Waals surface area contributed by atoms with Gasteiger partial charge in [-0.25, -0.2) is 14.1 Å². The summed E-state index contributed by atoms with van der Waals surface area (Å²) in [6.07, 6.45) is 1.47. The van der Waals surface area contributed by atoms with Gasteiger partial charge in [-0.2, -0.15) is 0 Å². The van der Waals surface area contributed by atoms with Gasteiger partial charge in [0.2, 0.25) is 12.7 Å². The molecule has 0 unspecified atom stereocenters. The highest BCUT2D eigenvalue weighted by Gasteiger charge is 2.23. The summed E-state index contributed by atoms with van der Waals surface area (Å²) in [6, 6.07) is 7.46. The van der Waals surface area contributed by atoms with Gasteiger partial charge in [0, 0.05) is 24.3 Å². The van der Waals surface area contributed by atoms with Crippen LogP contribution in [0.3, 0.4) is 0 Å². The highest BCUT2D eigenvalue weighted by atomic mass is 35.5. The normalized spacial score (nSPS) is 10.6. The van der Waals surface area contributed by atoms with Crippen molar-refractivity contribution in [3.8, 4) is 11.7 Å². The zero-order valence-electron chi connectivity index (χ0n) is 15.9. The summed E-state index contributed by atoms with van der Waals surface area (Å²) >= 11 is 12.2. The Balaban J connectivity index is 2.07. The number of aromatic nitrogens is 3.